The maximum absolute atomic E-state index is 11.3. The molecule has 1 aromatic rings. The lowest BCUT2D eigenvalue weighted by molar-refractivity contribution is -0.384. The molecule has 0 atom stereocenters. The number of nitrogens with two attached hydrogens (primary N) is 1. The Kier molecular flexibility index (Phi) is 7.20. The third-order valence-corrected chi connectivity index (χ3v) is 6.10. The highest BCUT2D eigenvalue weighted by Crippen LogP contribution is 2.30. The van der Waals surface area contributed by atoms with Crippen molar-refractivity contribution in [1.29, 1.82) is 0 Å². The van der Waals surface area contributed by atoms with E-state index in [1.165, 1.54) is 38.3 Å². The zero-order valence-electron chi connectivity index (χ0n) is 16.0. The van der Waals surface area contributed by atoms with Gasteiger partial charge in [-0.25, -0.2) is 4.98 Å². The maximum Gasteiger partial charge on any atom is 0.329 e. The van der Waals surface area contributed by atoms with Crippen LogP contribution in [-0.2, 0) is 0 Å². The molecule has 27 heavy (non-hydrogen) atoms. The molecule has 3 rings (SSSR count). The Hall–Kier alpha value is -1.96. The Labute approximate surface area is 160 Å². The minimum atomic E-state index is -0.418. The average molecular weight is 377 g/mol. The molecule has 150 valence electrons. The Morgan fingerprint density at radius 2 is 1.63 bits per heavy atom. The number of anilines is 2. The number of nitrogens with zero attached hydrogens (tertiary/aromatic N) is 3. The first-order valence-corrected chi connectivity index (χ1v) is 10.3. The summed E-state index contributed by atoms with van der Waals surface area (Å²) in [6.07, 6.45) is 12.2. The van der Waals surface area contributed by atoms with Gasteiger partial charge in [-0.05, 0) is 62.8 Å². The summed E-state index contributed by atoms with van der Waals surface area (Å²) >= 11 is 0. The number of nitro groups is 1. The zero-order valence-corrected chi connectivity index (χ0v) is 16.0. The quantitative estimate of drug-likeness (QED) is 0.469. The predicted molar refractivity (Wildman–Crippen MR) is 107 cm³/mol. The van der Waals surface area contributed by atoms with Crippen molar-refractivity contribution in [2.75, 3.05) is 30.3 Å². The van der Waals surface area contributed by atoms with Gasteiger partial charge in [0.2, 0.25) is 11.8 Å². The molecule has 0 unspecified atom stereocenters. The van der Waals surface area contributed by atoms with Gasteiger partial charge in [-0.3, -0.25) is 10.1 Å². The van der Waals surface area contributed by atoms with Crippen LogP contribution in [0, 0.1) is 27.9 Å². The molecule has 0 spiro atoms. The minimum Gasteiger partial charge on any atom is -0.364 e. The van der Waals surface area contributed by atoms with Crippen molar-refractivity contribution in [3.05, 3.63) is 16.3 Å². The number of rotatable bonds is 8. The zero-order chi connectivity index (χ0) is 19.1. The molecule has 0 bridgehead atoms. The molecule has 8 nitrogen and oxygen atoms in total. The monoisotopic (exact) mass is 376 g/mol. The highest BCUT2D eigenvalue weighted by molar-refractivity contribution is 5.57. The molecule has 8 heteroatoms. The van der Waals surface area contributed by atoms with E-state index in [1.807, 2.05) is 0 Å². The first-order chi connectivity index (χ1) is 13.2. The topological polar surface area (TPSA) is 119 Å². The van der Waals surface area contributed by atoms with Gasteiger partial charge in [0, 0.05) is 13.1 Å². The fraction of sp³-hybridized carbons (Fsp3) is 0.789. The van der Waals surface area contributed by atoms with E-state index in [2.05, 4.69) is 20.6 Å². The third-order valence-electron chi connectivity index (χ3n) is 6.10. The van der Waals surface area contributed by atoms with E-state index in [0.717, 1.165) is 38.8 Å². The molecule has 0 saturated heterocycles. The van der Waals surface area contributed by atoms with Gasteiger partial charge in [0.1, 0.15) is 6.20 Å². The van der Waals surface area contributed by atoms with Crippen molar-refractivity contribution in [1.82, 2.24) is 9.97 Å². The SMILES string of the molecule is NCC1CCC(CNc2nc(NCC3CCCCC3)ncc2[N+](=O)[O-])CC1. The summed E-state index contributed by atoms with van der Waals surface area (Å²) in [4.78, 5) is 19.4. The van der Waals surface area contributed by atoms with E-state index in [4.69, 9.17) is 5.73 Å². The second kappa shape index (κ2) is 9.82. The van der Waals surface area contributed by atoms with E-state index in [9.17, 15) is 10.1 Å². The number of hydrogen-bond donors (Lipinski definition) is 3. The van der Waals surface area contributed by atoms with Crippen molar-refractivity contribution in [3.63, 3.8) is 0 Å². The molecule has 0 aliphatic heterocycles. The van der Waals surface area contributed by atoms with Crippen LogP contribution in [0.3, 0.4) is 0 Å². The van der Waals surface area contributed by atoms with E-state index in [1.54, 1.807) is 0 Å². The van der Waals surface area contributed by atoms with E-state index >= 15 is 0 Å². The summed E-state index contributed by atoms with van der Waals surface area (Å²) in [6, 6.07) is 0. The largest absolute Gasteiger partial charge is 0.364 e. The summed E-state index contributed by atoms with van der Waals surface area (Å²) in [5.74, 6) is 2.58. The number of nitrogens with one attached hydrogen (secondary N) is 2. The molecule has 0 amide bonds. The lowest BCUT2D eigenvalue weighted by Crippen LogP contribution is -2.25. The van der Waals surface area contributed by atoms with Crippen molar-refractivity contribution in [2.24, 2.45) is 23.5 Å². The minimum absolute atomic E-state index is 0.0612. The Morgan fingerprint density at radius 3 is 2.30 bits per heavy atom. The maximum atomic E-state index is 11.3. The Morgan fingerprint density at radius 1 is 1.00 bits per heavy atom. The lowest BCUT2D eigenvalue weighted by Gasteiger charge is -2.27. The summed E-state index contributed by atoms with van der Waals surface area (Å²) in [5.41, 5.74) is 5.69. The van der Waals surface area contributed by atoms with Crippen LogP contribution in [0.1, 0.15) is 57.8 Å². The summed E-state index contributed by atoms with van der Waals surface area (Å²) in [5, 5.41) is 17.8. The molecule has 0 aromatic carbocycles. The van der Waals surface area contributed by atoms with E-state index in [0.29, 0.717) is 36.1 Å². The van der Waals surface area contributed by atoms with Gasteiger partial charge in [-0.15, -0.1) is 0 Å². The van der Waals surface area contributed by atoms with Crippen molar-refractivity contribution < 1.29 is 4.92 Å². The van der Waals surface area contributed by atoms with Crippen LogP contribution in [0.15, 0.2) is 6.20 Å². The van der Waals surface area contributed by atoms with Gasteiger partial charge in [-0.2, -0.15) is 4.98 Å². The summed E-state index contributed by atoms with van der Waals surface area (Å²) < 4.78 is 0. The van der Waals surface area contributed by atoms with Gasteiger partial charge in [0.15, 0.2) is 0 Å². The molecular weight excluding hydrogens is 344 g/mol. The van der Waals surface area contributed by atoms with Gasteiger partial charge in [0.05, 0.1) is 4.92 Å². The normalized spacial score (nSPS) is 23.7. The number of aromatic nitrogens is 2. The molecule has 2 saturated carbocycles. The van der Waals surface area contributed by atoms with Crippen LogP contribution in [0.25, 0.3) is 0 Å². The van der Waals surface area contributed by atoms with Crippen LogP contribution in [0.5, 0.6) is 0 Å². The highest BCUT2D eigenvalue weighted by atomic mass is 16.6. The summed E-state index contributed by atoms with van der Waals surface area (Å²) in [7, 11) is 0. The van der Waals surface area contributed by atoms with Crippen LogP contribution in [0.2, 0.25) is 0 Å². The van der Waals surface area contributed by atoms with Gasteiger partial charge < -0.3 is 16.4 Å². The molecule has 2 aliphatic carbocycles. The smallest absolute Gasteiger partial charge is 0.329 e. The molecular formula is C19H32N6O2. The van der Waals surface area contributed by atoms with Gasteiger partial charge >= 0.3 is 5.69 Å². The van der Waals surface area contributed by atoms with E-state index in [-0.39, 0.29) is 5.69 Å². The summed E-state index contributed by atoms with van der Waals surface area (Å²) in [6.45, 7) is 2.30. The predicted octanol–water partition coefficient (Wildman–Crippen LogP) is 3.55. The first kappa shape index (κ1) is 19.8. The van der Waals surface area contributed by atoms with Crippen LogP contribution < -0.4 is 16.4 Å². The molecule has 4 N–H and O–H groups in total. The third kappa shape index (κ3) is 5.76. The first-order valence-electron chi connectivity index (χ1n) is 10.3. The highest BCUT2D eigenvalue weighted by Gasteiger charge is 2.23. The molecule has 2 aliphatic rings. The van der Waals surface area contributed by atoms with Crippen LogP contribution in [-0.4, -0.2) is 34.5 Å². The van der Waals surface area contributed by atoms with Crippen LogP contribution >= 0.6 is 0 Å². The fourth-order valence-corrected chi connectivity index (χ4v) is 4.26. The molecule has 0 radical (unpaired) electrons. The number of hydrogen-bond acceptors (Lipinski definition) is 7. The fourth-order valence-electron chi connectivity index (χ4n) is 4.26. The average Bonchev–Trinajstić information content (AvgIpc) is 2.71. The van der Waals surface area contributed by atoms with E-state index < -0.39 is 4.92 Å². The second-order valence-electron chi connectivity index (χ2n) is 8.07. The Balaban J connectivity index is 1.57. The van der Waals surface area contributed by atoms with Gasteiger partial charge in [0.25, 0.3) is 0 Å². The van der Waals surface area contributed by atoms with Crippen molar-refractivity contribution >= 4 is 17.5 Å². The van der Waals surface area contributed by atoms with Gasteiger partial charge in [-0.1, -0.05) is 19.3 Å². The lowest BCUT2D eigenvalue weighted by atomic mass is 9.82. The van der Waals surface area contributed by atoms with Crippen LogP contribution in [0.4, 0.5) is 17.5 Å². The molecule has 2 fully saturated rings. The second-order valence-corrected chi connectivity index (χ2v) is 8.07. The standard InChI is InChI=1S/C19H32N6O2/c20-10-14-6-8-16(9-7-14)11-21-18-17(25(26)27)13-23-19(24-18)22-12-15-4-2-1-3-5-15/h13-16H,1-12,20H2,(H2,21,22,23,24). The molecule has 1 aromatic heterocycles. The van der Waals surface area contributed by atoms with Crippen molar-refractivity contribution in [2.45, 2.75) is 57.8 Å². The Bertz CT molecular complexity index is 612. The molecule has 1 heterocycles. The van der Waals surface area contributed by atoms with Crippen molar-refractivity contribution in [3.8, 4) is 0 Å².